The van der Waals surface area contributed by atoms with E-state index in [1.165, 1.54) is 0 Å². The average Bonchev–Trinajstić information content (AvgIpc) is 2.41. The number of oxime groups is 1. The second-order valence-corrected chi connectivity index (χ2v) is 4.74. The summed E-state index contributed by atoms with van der Waals surface area (Å²) in [7, 11) is 0. The zero-order valence-corrected chi connectivity index (χ0v) is 11.8. The van der Waals surface area contributed by atoms with Crippen LogP contribution in [-0.2, 0) is 0 Å². The molecule has 0 radical (unpaired) electrons. The average molecular weight is 292 g/mol. The van der Waals surface area contributed by atoms with Crippen molar-refractivity contribution in [1.29, 1.82) is 0 Å². The Balaban J connectivity index is 2.33. The number of aryl methyl sites for hydroxylation is 2. The standard InChI is InChI=1S/C14H14ClN3O2/c1-8-5-11(3-4-12(8)15)20-13-7-10(14(16)18-19)6-9(2)17-13/h3-7,19H,1-2H3,(H2,16,18). The molecule has 0 unspecified atom stereocenters. The first-order valence-corrected chi connectivity index (χ1v) is 6.28. The summed E-state index contributed by atoms with van der Waals surface area (Å²) >= 11 is 5.96. The predicted octanol–water partition coefficient (Wildman–Crippen LogP) is 3.24. The van der Waals surface area contributed by atoms with E-state index in [0.29, 0.717) is 27.9 Å². The minimum atomic E-state index is 0.00707. The lowest BCUT2D eigenvalue weighted by molar-refractivity contribution is 0.318. The molecule has 0 spiro atoms. The number of ether oxygens (including phenoxy) is 1. The van der Waals surface area contributed by atoms with Crippen molar-refractivity contribution >= 4 is 17.4 Å². The molecule has 2 aromatic rings. The van der Waals surface area contributed by atoms with E-state index >= 15 is 0 Å². The third kappa shape index (κ3) is 3.19. The van der Waals surface area contributed by atoms with Crippen molar-refractivity contribution in [2.45, 2.75) is 13.8 Å². The minimum absolute atomic E-state index is 0.00707. The van der Waals surface area contributed by atoms with E-state index in [1.54, 1.807) is 31.2 Å². The number of hydrogen-bond acceptors (Lipinski definition) is 4. The SMILES string of the molecule is Cc1cc(/C(N)=N/O)cc(Oc2ccc(Cl)c(C)c2)n1. The van der Waals surface area contributed by atoms with Crippen LogP contribution in [0.1, 0.15) is 16.8 Å². The zero-order chi connectivity index (χ0) is 14.7. The fourth-order valence-electron chi connectivity index (χ4n) is 1.70. The first-order valence-electron chi connectivity index (χ1n) is 5.90. The molecule has 0 saturated heterocycles. The quantitative estimate of drug-likeness (QED) is 0.394. The fraction of sp³-hybridized carbons (Fsp3) is 0.143. The Kier molecular flexibility index (Phi) is 4.10. The molecule has 0 amide bonds. The summed E-state index contributed by atoms with van der Waals surface area (Å²) in [6.45, 7) is 3.69. The normalized spacial score (nSPS) is 11.4. The summed E-state index contributed by atoms with van der Waals surface area (Å²) < 4.78 is 5.67. The second kappa shape index (κ2) is 5.79. The van der Waals surface area contributed by atoms with Gasteiger partial charge >= 0.3 is 0 Å². The Morgan fingerprint density at radius 1 is 1.30 bits per heavy atom. The molecule has 2 rings (SSSR count). The van der Waals surface area contributed by atoms with Crippen molar-refractivity contribution in [2.75, 3.05) is 0 Å². The first-order chi connectivity index (χ1) is 9.49. The number of rotatable bonds is 3. The number of halogens is 1. The summed E-state index contributed by atoms with van der Waals surface area (Å²) in [4.78, 5) is 4.25. The van der Waals surface area contributed by atoms with Crippen molar-refractivity contribution in [3.05, 3.63) is 52.2 Å². The van der Waals surface area contributed by atoms with E-state index in [9.17, 15) is 0 Å². The molecule has 20 heavy (non-hydrogen) atoms. The molecule has 1 aromatic carbocycles. The van der Waals surface area contributed by atoms with Gasteiger partial charge in [-0.1, -0.05) is 16.8 Å². The van der Waals surface area contributed by atoms with Gasteiger partial charge in [0.05, 0.1) is 0 Å². The molecule has 0 aliphatic carbocycles. The van der Waals surface area contributed by atoms with Crippen molar-refractivity contribution in [3.63, 3.8) is 0 Å². The van der Waals surface area contributed by atoms with Gasteiger partial charge in [-0.05, 0) is 43.7 Å². The molecule has 0 aliphatic heterocycles. The van der Waals surface area contributed by atoms with Gasteiger partial charge in [-0.15, -0.1) is 0 Å². The highest BCUT2D eigenvalue weighted by atomic mass is 35.5. The number of nitrogens with two attached hydrogens (primary N) is 1. The smallest absolute Gasteiger partial charge is 0.220 e. The van der Waals surface area contributed by atoms with Crippen LogP contribution in [0, 0.1) is 13.8 Å². The number of benzene rings is 1. The lowest BCUT2D eigenvalue weighted by Crippen LogP contribution is -2.13. The van der Waals surface area contributed by atoms with Gasteiger partial charge in [-0.3, -0.25) is 0 Å². The molecule has 0 atom stereocenters. The van der Waals surface area contributed by atoms with Gasteiger partial charge in [-0.25, -0.2) is 4.98 Å². The van der Waals surface area contributed by atoms with Gasteiger partial charge in [0.15, 0.2) is 5.84 Å². The van der Waals surface area contributed by atoms with Gasteiger partial charge in [-0.2, -0.15) is 0 Å². The molecule has 1 heterocycles. The van der Waals surface area contributed by atoms with Crippen molar-refractivity contribution in [3.8, 4) is 11.6 Å². The maximum Gasteiger partial charge on any atom is 0.220 e. The summed E-state index contributed by atoms with van der Waals surface area (Å²) in [5.41, 5.74) is 7.73. The van der Waals surface area contributed by atoms with E-state index in [0.717, 1.165) is 5.56 Å². The van der Waals surface area contributed by atoms with Gasteiger partial charge in [0.1, 0.15) is 5.75 Å². The molecule has 0 aliphatic rings. The zero-order valence-electron chi connectivity index (χ0n) is 11.1. The van der Waals surface area contributed by atoms with Gasteiger partial charge in [0.2, 0.25) is 5.88 Å². The Hall–Kier alpha value is -2.27. The van der Waals surface area contributed by atoms with Crippen molar-refractivity contribution < 1.29 is 9.94 Å². The number of aromatic nitrogens is 1. The van der Waals surface area contributed by atoms with Crippen molar-refractivity contribution in [1.82, 2.24) is 4.98 Å². The van der Waals surface area contributed by atoms with Crippen LogP contribution in [0.2, 0.25) is 5.02 Å². The topological polar surface area (TPSA) is 80.7 Å². The Morgan fingerprint density at radius 3 is 2.70 bits per heavy atom. The number of nitrogens with zero attached hydrogens (tertiary/aromatic N) is 2. The van der Waals surface area contributed by atoms with E-state index < -0.39 is 0 Å². The van der Waals surface area contributed by atoms with Crippen LogP contribution in [0.25, 0.3) is 0 Å². The maximum absolute atomic E-state index is 8.71. The lowest BCUT2D eigenvalue weighted by atomic mass is 10.2. The third-order valence-electron chi connectivity index (χ3n) is 2.69. The lowest BCUT2D eigenvalue weighted by Gasteiger charge is -2.09. The van der Waals surface area contributed by atoms with Gasteiger partial charge in [0.25, 0.3) is 0 Å². The number of amidine groups is 1. The van der Waals surface area contributed by atoms with Gasteiger partial charge in [0, 0.05) is 22.3 Å². The molecule has 6 heteroatoms. The Bertz CT molecular complexity index is 671. The number of hydrogen-bond donors (Lipinski definition) is 2. The second-order valence-electron chi connectivity index (χ2n) is 4.33. The molecule has 3 N–H and O–H groups in total. The molecule has 104 valence electrons. The van der Waals surface area contributed by atoms with E-state index in [2.05, 4.69) is 10.1 Å². The fourth-order valence-corrected chi connectivity index (χ4v) is 1.81. The Morgan fingerprint density at radius 2 is 2.05 bits per heavy atom. The van der Waals surface area contributed by atoms with Crippen LogP contribution in [0.3, 0.4) is 0 Å². The Labute approximate surface area is 121 Å². The maximum atomic E-state index is 8.71. The molecule has 5 nitrogen and oxygen atoms in total. The first kappa shape index (κ1) is 14.1. The summed E-state index contributed by atoms with van der Waals surface area (Å²) in [5.74, 6) is 0.997. The van der Waals surface area contributed by atoms with E-state index in [-0.39, 0.29) is 5.84 Å². The molecular weight excluding hydrogens is 278 g/mol. The monoisotopic (exact) mass is 291 g/mol. The summed E-state index contributed by atoms with van der Waals surface area (Å²) in [6, 6.07) is 8.63. The van der Waals surface area contributed by atoms with Gasteiger partial charge < -0.3 is 15.7 Å². The van der Waals surface area contributed by atoms with E-state index in [1.807, 2.05) is 13.0 Å². The molecular formula is C14H14ClN3O2. The molecule has 0 fully saturated rings. The minimum Gasteiger partial charge on any atom is -0.439 e. The number of pyridine rings is 1. The highest BCUT2D eigenvalue weighted by Gasteiger charge is 2.07. The summed E-state index contributed by atoms with van der Waals surface area (Å²) in [6.07, 6.45) is 0. The summed E-state index contributed by atoms with van der Waals surface area (Å²) in [5, 5.41) is 12.4. The molecule has 0 bridgehead atoms. The largest absolute Gasteiger partial charge is 0.439 e. The van der Waals surface area contributed by atoms with Crippen LogP contribution in [0.5, 0.6) is 11.6 Å². The van der Waals surface area contributed by atoms with Crippen LogP contribution in [-0.4, -0.2) is 16.0 Å². The van der Waals surface area contributed by atoms with Crippen LogP contribution >= 0.6 is 11.6 Å². The molecule has 0 saturated carbocycles. The third-order valence-corrected chi connectivity index (χ3v) is 3.11. The van der Waals surface area contributed by atoms with Crippen LogP contribution in [0.4, 0.5) is 0 Å². The highest BCUT2D eigenvalue weighted by Crippen LogP contribution is 2.25. The van der Waals surface area contributed by atoms with Crippen LogP contribution < -0.4 is 10.5 Å². The van der Waals surface area contributed by atoms with Crippen molar-refractivity contribution in [2.24, 2.45) is 10.9 Å². The highest BCUT2D eigenvalue weighted by molar-refractivity contribution is 6.31. The van der Waals surface area contributed by atoms with Crippen LogP contribution in [0.15, 0.2) is 35.5 Å². The predicted molar refractivity (Wildman–Crippen MR) is 77.7 cm³/mol. The molecule has 1 aromatic heterocycles. The van der Waals surface area contributed by atoms with E-state index in [4.69, 9.17) is 27.3 Å².